The Balaban J connectivity index is 1.55. The molecule has 4 nitrogen and oxygen atoms in total. The highest BCUT2D eigenvalue weighted by molar-refractivity contribution is 5.83. The lowest BCUT2D eigenvalue weighted by molar-refractivity contribution is 0.154. The molecule has 0 spiro atoms. The zero-order valence-corrected chi connectivity index (χ0v) is 16.3. The van der Waals surface area contributed by atoms with E-state index in [2.05, 4.69) is 0 Å². The maximum atomic E-state index is 12.3. The minimum absolute atomic E-state index is 0.158. The van der Waals surface area contributed by atoms with Gasteiger partial charge in [0.25, 0.3) is 0 Å². The maximum Gasteiger partial charge on any atom is 0.223 e. The molecule has 1 aromatic heterocycles. The van der Waals surface area contributed by atoms with Crippen LogP contribution in [0.2, 0.25) is 0 Å². The molecular formula is C25H23NO3. The lowest BCUT2D eigenvalue weighted by atomic mass is 10.0. The van der Waals surface area contributed by atoms with E-state index in [-0.39, 0.29) is 5.43 Å². The molecule has 0 fully saturated rings. The van der Waals surface area contributed by atoms with Crippen molar-refractivity contribution in [3.05, 3.63) is 112 Å². The van der Waals surface area contributed by atoms with E-state index in [9.17, 15) is 9.90 Å². The van der Waals surface area contributed by atoms with Crippen LogP contribution in [0.15, 0.2) is 89.9 Å². The average Bonchev–Trinajstić information content (AvgIpc) is 2.76. The van der Waals surface area contributed by atoms with Crippen LogP contribution in [-0.2, 0) is 13.2 Å². The molecule has 0 bridgehead atoms. The van der Waals surface area contributed by atoms with Gasteiger partial charge in [-0.05, 0) is 34.9 Å². The maximum absolute atomic E-state index is 12.3. The summed E-state index contributed by atoms with van der Waals surface area (Å²) in [5.74, 6) is 0.321. The van der Waals surface area contributed by atoms with E-state index in [1.807, 2.05) is 84.3 Å². The zero-order valence-electron chi connectivity index (χ0n) is 16.3. The van der Waals surface area contributed by atoms with Gasteiger partial charge >= 0.3 is 0 Å². The molecular weight excluding hydrogens is 362 g/mol. The molecule has 146 valence electrons. The fraction of sp³-hybridized carbons (Fsp3) is 0.160. The first kappa shape index (κ1) is 19.0. The Morgan fingerprint density at radius 3 is 2.45 bits per heavy atom. The highest BCUT2D eigenvalue weighted by Gasteiger charge is 2.14. The third kappa shape index (κ3) is 4.23. The summed E-state index contributed by atoms with van der Waals surface area (Å²) in [4.78, 5) is 12.3. The molecule has 1 N–H and O–H groups in total. The molecule has 0 radical (unpaired) electrons. The van der Waals surface area contributed by atoms with E-state index in [1.165, 1.54) is 6.07 Å². The fourth-order valence-electron chi connectivity index (χ4n) is 3.46. The van der Waals surface area contributed by atoms with E-state index in [0.717, 1.165) is 21.9 Å². The number of ether oxygens (including phenoxy) is 1. The van der Waals surface area contributed by atoms with Crippen LogP contribution in [0.1, 0.15) is 22.9 Å². The van der Waals surface area contributed by atoms with Gasteiger partial charge in [0.05, 0.1) is 18.3 Å². The summed E-state index contributed by atoms with van der Waals surface area (Å²) in [6, 6.07) is 25.3. The summed E-state index contributed by atoms with van der Waals surface area (Å²) in [5, 5.41) is 13.0. The van der Waals surface area contributed by atoms with Crippen LogP contribution in [-0.4, -0.2) is 9.67 Å². The molecule has 0 unspecified atom stereocenters. The van der Waals surface area contributed by atoms with E-state index in [1.54, 1.807) is 6.20 Å². The van der Waals surface area contributed by atoms with Crippen LogP contribution in [0.25, 0.3) is 10.8 Å². The summed E-state index contributed by atoms with van der Waals surface area (Å²) < 4.78 is 7.69. The van der Waals surface area contributed by atoms with Gasteiger partial charge in [-0.25, -0.2) is 0 Å². The van der Waals surface area contributed by atoms with Gasteiger partial charge in [-0.1, -0.05) is 66.7 Å². The van der Waals surface area contributed by atoms with Crippen LogP contribution < -0.4 is 10.2 Å². The monoisotopic (exact) mass is 385 g/mol. The predicted molar refractivity (Wildman–Crippen MR) is 115 cm³/mol. The minimum Gasteiger partial charge on any atom is -0.483 e. The topological polar surface area (TPSA) is 51.5 Å². The number of fused-ring (bicyclic) bond motifs is 1. The number of rotatable bonds is 6. The molecule has 3 aromatic carbocycles. The Morgan fingerprint density at radius 1 is 0.931 bits per heavy atom. The van der Waals surface area contributed by atoms with E-state index in [0.29, 0.717) is 24.6 Å². The van der Waals surface area contributed by atoms with Crippen molar-refractivity contribution >= 4 is 10.8 Å². The first-order valence-corrected chi connectivity index (χ1v) is 9.65. The van der Waals surface area contributed by atoms with Crippen LogP contribution in [0.5, 0.6) is 5.75 Å². The predicted octanol–water partition coefficient (Wildman–Crippen LogP) is 4.62. The standard InChI is InChI=1S/C25H23NO3/c1-18-25(29-17-19-7-3-2-4-8-19)23(27)13-14-26(18)16-24(28)22-12-11-20-9-5-6-10-21(20)15-22/h2-15,24,28H,16-17H2,1H3/t24-/m0/s1. The van der Waals surface area contributed by atoms with Crippen LogP contribution >= 0.6 is 0 Å². The smallest absolute Gasteiger partial charge is 0.223 e. The third-order valence-electron chi connectivity index (χ3n) is 5.14. The van der Waals surface area contributed by atoms with Gasteiger partial charge in [0.2, 0.25) is 5.43 Å². The second kappa shape index (κ2) is 8.33. The molecule has 29 heavy (non-hydrogen) atoms. The van der Waals surface area contributed by atoms with Gasteiger partial charge < -0.3 is 14.4 Å². The van der Waals surface area contributed by atoms with Gasteiger partial charge in [0.15, 0.2) is 5.75 Å². The molecule has 0 saturated heterocycles. The highest BCUT2D eigenvalue weighted by atomic mass is 16.5. The highest BCUT2D eigenvalue weighted by Crippen LogP contribution is 2.23. The molecule has 0 saturated carbocycles. The normalized spacial score (nSPS) is 12.1. The van der Waals surface area contributed by atoms with Crippen molar-refractivity contribution in [2.75, 3.05) is 0 Å². The molecule has 0 amide bonds. The van der Waals surface area contributed by atoms with Crippen LogP contribution in [0.3, 0.4) is 0 Å². The molecule has 0 aliphatic carbocycles. The minimum atomic E-state index is -0.692. The van der Waals surface area contributed by atoms with E-state index >= 15 is 0 Å². The zero-order chi connectivity index (χ0) is 20.2. The number of aliphatic hydroxyl groups excluding tert-OH is 1. The van der Waals surface area contributed by atoms with Crippen molar-refractivity contribution in [2.45, 2.75) is 26.2 Å². The van der Waals surface area contributed by atoms with Gasteiger partial charge in [0, 0.05) is 12.3 Å². The first-order valence-electron chi connectivity index (χ1n) is 9.65. The SMILES string of the molecule is Cc1c(OCc2ccccc2)c(=O)ccn1C[C@H](O)c1ccc2ccccc2c1. The number of aromatic nitrogens is 1. The summed E-state index contributed by atoms with van der Waals surface area (Å²) in [5.41, 5.74) is 2.38. The number of nitrogens with zero attached hydrogens (tertiary/aromatic N) is 1. The number of hydrogen-bond donors (Lipinski definition) is 1. The summed E-state index contributed by atoms with van der Waals surface area (Å²) in [6.07, 6.45) is 1.01. The molecule has 1 atom stereocenters. The largest absolute Gasteiger partial charge is 0.483 e. The Labute approximate surface area is 169 Å². The third-order valence-corrected chi connectivity index (χ3v) is 5.14. The van der Waals surface area contributed by atoms with Gasteiger partial charge in [-0.3, -0.25) is 4.79 Å². The first-order chi connectivity index (χ1) is 14.1. The molecule has 4 aromatic rings. The molecule has 0 aliphatic heterocycles. The Hall–Kier alpha value is -3.37. The van der Waals surface area contributed by atoms with Crippen molar-refractivity contribution in [2.24, 2.45) is 0 Å². The second-order valence-electron chi connectivity index (χ2n) is 7.14. The van der Waals surface area contributed by atoms with Crippen molar-refractivity contribution in [1.82, 2.24) is 4.57 Å². The average molecular weight is 385 g/mol. The van der Waals surface area contributed by atoms with Gasteiger partial charge in [0.1, 0.15) is 6.61 Å². The summed E-state index contributed by atoms with van der Waals surface area (Å²) in [6.45, 7) is 2.51. The Kier molecular flexibility index (Phi) is 5.45. The molecule has 1 heterocycles. The van der Waals surface area contributed by atoms with Crippen molar-refractivity contribution in [3.63, 3.8) is 0 Å². The van der Waals surface area contributed by atoms with Crippen molar-refractivity contribution < 1.29 is 9.84 Å². The van der Waals surface area contributed by atoms with E-state index < -0.39 is 6.10 Å². The summed E-state index contributed by atoms with van der Waals surface area (Å²) in [7, 11) is 0. The lowest BCUT2D eigenvalue weighted by Gasteiger charge is -2.18. The van der Waals surface area contributed by atoms with Crippen LogP contribution in [0, 0.1) is 6.92 Å². The van der Waals surface area contributed by atoms with E-state index in [4.69, 9.17) is 4.74 Å². The molecule has 4 heteroatoms. The molecule has 4 rings (SSSR count). The summed E-state index contributed by atoms with van der Waals surface area (Å²) >= 11 is 0. The van der Waals surface area contributed by atoms with Crippen molar-refractivity contribution in [3.8, 4) is 5.75 Å². The molecule has 0 aliphatic rings. The Bertz CT molecular complexity index is 1180. The van der Waals surface area contributed by atoms with Gasteiger partial charge in [-0.15, -0.1) is 0 Å². The number of benzene rings is 3. The Morgan fingerprint density at radius 2 is 1.66 bits per heavy atom. The number of aliphatic hydroxyl groups is 1. The quantitative estimate of drug-likeness (QED) is 0.527. The fourth-order valence-corrected chi connectivity index (χ4v) is 3.46. The van der Waals surface area contributed by atoms with Crippen molar-refractivity contribution in [1.29, 1.82) is 0 Å². The number of pyridine rings is 1. The second-order valence-corrected chi connectivity index (χ2v) is 7.14. The van der Waals surface area contributed by atoms with Crippen LogP contribution in [0.4, 0.5) is 0 Å². The lowest BCUT2D eigenvalue weighted by Crippen LogP contribution is -2.17. The number of hydrogen-bond acceptors (Lipinski definition) is 3. The van der Waals surface area contributed by atoms with Gasteiger partial charge in [-0.2, -0.15) is 0 Å².